The average Bonchev–Trinajstić information content (AvgIpc) is 3.63. The van der Waals surface area contributed by atoms with E-state index in [1.807, 2.05) is 11.9 Å². The highest BCUT2D eigenvalue weighted by Crippen LogP contribution is 2.51. The Kier molecular flexibility index (Phi) is 8.26. The van der Waals surface area contributed by atoms with Crippen molar-refractivity contribution in [3.8, 4) is 11.1 Å². The number of likely N-dealkylation sites (tertiary alicyclic amines) is 1. The van der Waals surface area contributed by atoms with Gasteiger partial charge in [-0.2, -0.15) is 5.10 Å². The van der Waals surface area contributed by atoms with Crippen molar-refractivity contribution >= 4 is 23.5 Å². The molecular weight excluding hydrogens is 530 g/mol. The van der Waals surface area contributed by atoms with Gasteiger partial charge in [0, 0.05) is 24.2 Å². The molecule has 3 aromatic carbocycles. The molecule has 0 bridgehead atoms. The zero-order chi connectivity index (χ0) is 28.4. The molecule has 1 saturated heterocycles. The smallest absolute Gasteiger partial charge is 0.136 e. The zero-order valence-electron chi connectivity index (χ0n) is 24.1. The van der Waals surface area contributed by atoms with E-state index in [9.17, 15) is 0 Å². The molecule has 3 N–H and O–H groups in total. The van der Waals surface area contributed by atoms with Crippen LogP contribution in [0.3, 0.4) is 0 Å². The summed E-state index contributed by atoms with van der Waals surface area (Å²) < 4.78 is 2.50. The normalized spacial score (nSPS) is 23.7. The van der Waals surface area contributed by atoms with Crippen LogP contribution >= 0.6 is 11.9 Å². The van der Waals surface area contributed by atoms with Gasteiger partial charge in [-0.25, -0.2) is 0 Å². The number of hydrogen-bond acceptors (Lipinski definition) is 8. The Balaban J connectivity index is 0.00000148. The molecule has 41 heavy (non-hydrogen) atoms. The maximum atomic E-state index is 6.00. The molecule has 1 saturated carbocycles. The largest absolute Gasteiger partial charge is 0.342 e. The number of rotatable bonds is 6. The number of fused-ring (bicyclic) bond motifs is 1. The molecule has 3 heterocycles. The minimum Gasteiger partial charge on any atom is -0.342 e. The van der Waals surface area contributed by atoms with Crippen molar-refractivity contribution in [1.29, 1.82) is 0 Å². The van der Waals surface area contributed by atoms with Gasteiger partial charge < -0.3 is 9.21 Å². The summed E-state index contributed by atoms with van der Waals surface area (Å²) in [5.41, 5.74) is 11.5. The van der Waals surface area contributed by atoms with Crippen LogP contribution in [-0.4, -0.2) is 53.0 Å². The number of hydrogen-bond donors (Lipinski definition) is 3. The van der Waals surface area contributed by atoms with Gasteiger partial charge in [-0.1, -0.05) is 55.8 Å². The molecule has 8 heteroatoms. The predicted molar refractivity (Wildman–Crippen MR) is 168 cm³/mol. The first-order valence-electron chi connectivity index (χ1n) is 14.8. The van der Waals surface area contributed by atoms with Crippen LogP contribution in [-0.2, 0) is 18.5 Å². The minimum absolute atomic E-state index is 0.0156. The first-order chi connectivity index (χ1) is 20.1. The molecule has 0 aromatic heterocycles. The second kappa shape index (κ2) is 12.1. The molecule has 0 unspecified atom stereocenters. The monoisotopic (exact) mass is 571 g/mol. The fourth-order valence-electron chi connectivity index (χ4n) is 7.21. The maximum Gasteiger partial charge on any atom is 0.136 e. The molecule has 0 amide bonds. The van der Waals surface area contributed by atoms with E-state index in [0.29, 0.717) is 0 Å². The van der Waals surface area contributed by atoms with Crippen molar-refractivity contribution in [3.05, 3.63) is 83.4 Å². The number of anilines is 1. The van der Waals surface area contributed by atoms with Crippen LogP contribution in [0.25, 0.3) is 11.1 Å². The summed E-state index contributed by atoms with van der Waals surface area (Å²) in [6.07, 6.45) is 6.35. The van der Waals surface area contributed by atoms with Crippen molar-refractivity contribution in [1.82, 2.24) is 15.2 Å². The van der Waals surface area contributed by atoms with Crippen LogP contribution < -0.4 is 9.73 Å². The van der Waals surface area contributed by atoms with Crippen LogP contribution in [0.1, 0.15) is 55.7 Å². The molecule has 3 aliphatic heterocycles. The van der Waals surface area contributed by atoms with Gasteiger partial charge in [0.15, 0.2) is 0 Å². The summed E-state index contributed by atoms with van der Waals surface area (Å²) >= 11 is 1.91. The van der Waals surface area contributed by atoms with Gasteiger partial charge in [-0.15, -0.1) is 0 Å². The molecule has 2 fully saturated rings. The second-order valence-electron chi connectivity index (χ2n) is 12.0. The van der Waals surface area contributed by atoms with Gasteiger partial charge in [0.1, 0.15) is 12.5 Å². The van der Waals surface area contributed by atoms with Crippen LogP contribution in [0.4, 0.5) is 5.69 Å². The van der Waals surface area contributed by atoms with Crippen LogP contribution in [0.2, 0.25) is 0 Å². The molecule has 1 aliphatic carbocycles. The van der Waals surface area contributed by atoms with Gasteiger partial charge in [-0.05, 0) is 109 Å². The average molecular weight is 572 g/mol. The number of piperidine rings is 1. The zero-order valence-corrected chi connectivity index (χ0v) is 24.9. The van der Waals surface area contributed by atoms with E-state index in [1.54, 1.807) is 0 Å². The van der Waals surface area contributed by atoms with Gasteiger partial charge in [0.2, 0.25) is 0 Å². The van der Waals surface area contributed by atoms with E-state index in [1.165, 1.54) is 76.6 Å². The third kappa shape index (κ3) is 5.46. The molecular formula is C33H41N5O2S. The van der Waals surface area contributed by atoms with Gasteiger partial charge in [0.05, 0.1) is 12.0 Å². The highest BCUT2D eigenvalue weighted by Gasteiger charge is 2.50. The minimum atomic E-state index is 0.0156. The van der Waals surface area contributed by atoms with E-state index in [0.717, 1.165) is 38.5 Å². The standard InChI is InChI=1S/C33H39N5S.H2O2/c1-24-19-33(20-24,32-35-34-23-36(32)2)27-12-9-13-28(18-27)38-22-30-29(26-10-5-3-6-11-26)16-25(17-31(30)39-38)21-37-14-7-4-8-15-37;1-2/h3,5-6,9-13,16-18,24,34H,4,7-8,14-15,19-23H2,1-2H3;1-2H. The number of nitrogens with zero attached hydrogens (tertiary/aromatic N) is 4. The van der Waals surface area contributed by atoms with Crippen LogP contribution in [0.5, 0.6) is 0 Å². The highest BCUT2D eigenvalue weighted by atomic mass is 32.2. The summed E-state index contributed by atoms with van der Waals surface area (Å²) in [6.45, 7) is 7.58. The number of benzene rings is 3. The molecule has 0 radical (unpaired) electrons. The van der Waals surface area contributed by atoms with Crippen molar-refractivity contribution < 1.29 is 10.5 Å². The third-order valence-corrected chi connectivity index (χ3v) is 10.2. The Morgan fingerprint density at radius 2 is 1.76 bits per heavy atom. The highest BCUT2D eigenvalue weighted by molar-refractivity contribution is 8.01. The Hall–Kier alpha value is -3.04. The number of amidine groups is 1. The van der Waals surface area contributed by atoms with Gasteiger partial charge in [-0.3, -0.25) is 20.8 Å². The quantitative estimate of drug-likeness (QED) is 0.170. The Morgan fingerprint density at radius 1 is 0.976 bits per heavy atom. The lowest BCUT2D eigenvalue weighted by Gasteiger charge is -2.48. The van der Waals surface area contributed by atoms with E-state index in [-0.39, 0.29) is 5.41 Å². The van der Waals surface area contributed by atoms with Gasteiger partial charge in [0.25, 0.3) is 0 Å². The summed E-state index contributed by atoms with van der Waals surface area (Å²) in [5.74, 6) is 1.92. The maximum absolute atomic E-state index is 6.00. The van der Waals surface area contributed by atoms with Crippen LogP contribution in [0.15, 0.2) is 76.7 Å². The summed E-state index contributed by atoms with van der Waals surface area (Å²) in [6, 6.07) is 25.2. The first-order valence-corrected chi connectivity index (χ1v) is 15.6. The van der Waals surface area contributed by atoms with E-state index < -0.39 is 0 Å². The molecule has 0 atom stereocenters. The topological polar surface area (TPSA) is 74.6 Å². The van der Waals surface area contributed by atoms with Crippen molar-refractivity contribution in [2.45, 2.75) is 62.4 Å². The van der Waals surface area contributed by atoms with Crippen molar-refractivity contribution in [2.24, 2.45) is 11.0 Å². The Morgan fingerprint density at radius 3 is 2.46 bits per heavy atom. The molecule has 7 rings (SSSR count). The molecule has 3 aromatic rings. The van der Waals surface area contributed by atoms with E-state index >= 15 is 0 Å². The van der Waals surface area contributed by atoms with Crippen molar-refractivity contribution in [2.75, 3.05) is 31.1 Å². The van der Waals surface area contributed by atoms with Crippen molar-refractivity contribution in [3.63, 3.8) is 0 Å². The molecule has 216 valence electrons. The number of hydrazone groups is 1. The lowest BCUT2D eigenvalue weighted by Crippen LogP contribution is -2.51. The fourth-order valence-corrected chi connectivity index (χ4v) is 8.35. The SMILES string of the molecule is CC1CC(C2=NNCN2C)(c2cccc(N3Cc4c(cc(CN5CCCCC5)cc4-c4ccccc4)S3)c2)C1.OO. The lowest BCUT2D eigenvalue weighted by molar-refractivity contribution is -0.176. The van der Waals surface area contributed by atoms with E-state index in [2.05, 4.69) is 100 Å². The number of nitrogens with one attached hydrogen (secondary N) is 1. The lowest BCUT2D eigenvalue weighted by atomic mass is 9.58. The predicted octanol–water partition coefficient (Wildman–Crippen LogP) is 6.86. The number of likely N-dealkylation sites (N-methyl/N-ethyl adjacent to an activating group) is 1. The second-order valence-corrected chi connectivity index (χ2v) is 13.1. The summed E-state index contributed by atoms with van der Waals surface area (Å²) in [7, 11) is 2.16. The molecule has 4 aliphatic rings. The Labute approximate surface area is 247 Å². The molecule has 7 nitrogen and oxygen atoms in total. The summed E-state index contributed by atoms with van der Waals surface area (Å²) in [4.78, 5) is 6.33. The van der Waals surface area contributed by atoms with Gasteiger partial charge >= 0.3 is 0 Å². The first kappa shape index (κ1) is 28.1. The molecule has 0 spiro atoms. The van der Waals surface area contributed by atoms with E-state index in [4.69, 9.17) is 15.6 Å². The van der Waals surface area contributed by atoms with Crippen LogP contribution in [0, 0.1) is 5.92 Å². The Bertz CT molecular complexity index is 1390. The third-order valence-electron chi connectivity index (χ3n) is 9.08. The fraction of sp³-hybridized carbons (Fsp3) is 0.424. The summed E-state index contributed by atoms with van der Waals surface area (Å²) in [5, 5.41) is 16.8.